The average molecular weight is 172 g/mol. The van der Waals surface area contributed by atoms with E-state index < -0.39 is 17.5 Å². The molecular formula is C9H16O3. The van der Waals surface area contributed by atoms with E-state index in [2.05, 4.69) is 6.58 Å². The van der Waals surface area contributed by atoms with Crippen molar-refractivity contribution in [2.75, 3.05) is 6.61 Å². The van der Waals surface area contributed by atoms with Crippen molar-refractivity contribution in [3.63, 3.8) is 0 Å². The van der Waals surface area contributed by atoms with Gasteiger partial charge in [0.2, 0.25) is 0 Å². The summed E-state index contributed by atoms with van der Waals surface area (Å²) in [4.78, 5) is 11.1. The minimum Gasteiger partial charge on any atom is -0.466 e. The van der Waals surface area contributed by atoms with E-state index in [1.54, 1.807) is 13.8 Å². The third kappa shape index (κ3) is 2.66. The van der Waals surface area contributed by atoms with E-state index >= 15 is 0 Å². The zero-order valence-electron chi connectivity index (χ0n) is 7.83. The van der Waals surface area contributed by atoms with Gasteiger partial charge in [0, 0.05) is 0 Å². The molecule has 0 saturated carbocycles. The number of rotatable bonds is 4. The van der Waals surface area contributed by atoms with Crippen LogP contribution in [0.3, 0.4) is 0 Å². The molecule has 0 amide bonds. The summed E-state index contributed by atoms with van der Waals surface area (Å²) in [6, 6.07) is 0. The summed E-state index contributed by atoms with van der Waals surface area (Å²) in [7, 11) is 0. The molecule has 3 heteroatoms. The van der Waals surface area contributed by atoms with Gasteiger partial charge >= 0.3 is 5.97 Å². The summed E-state index contributed by atoms with van der Waals surface area (Å²) in [6.45, 7) is 8.64. The topological polar surface area (TPSA) is 46.5 Å². The van der Waals surface area contributed by atoms with Crippen LogP contribution in [0.4, 0.5) is 0 Å². The quantitative estimate of drug-likeness (QED) is 0.510. The fourth-order valence-electron chi connectivity index (χ4n) is 0.683. The third-order valence-electron chi connectivity index (χ3n) is 1.93. The number of esters is 1. The van der Waals surface area contributed by atoms with Crippen LogP contribution in [0.2, 0.25) is 0 Å². The summed E-state index contributed by atoms with van der Waals surface area (Å²) in [5.41, 5.74) is -1.19. The van der Waals surface area contributed by atoms with Crippen LogP contribution in [0.1, 0.15) is 20.8 Å². The highest BCUT2D eigenvalue weighted by atomic mass is 16.5. The van der Waals surface area contributed by atoms with E-state index in [1.165, 1.54) is 13.0 Å². The Hall–Kier alpha value is -0.830. The second kappa shape index (κ2) is 4.26. The van der Waals surface area contributed by atoms with Gasteiger partial charge in [0.1, 0.15) is 0 Å². The van der Waals surface area contributed by atoms with Crippen LogP contribution in [0, 0.1) is 5.92 Å². The molecule has 12 heavy (non-hydrogen) atoms. The smallest absolute Gasteiger partial charge is 0.311 e. The van der Waals surface area contributed by atoms with Gasteiger partial charge in [0.05, 0.1) is 18.1 Å². The summed E-state index contributed by atoms with van der Waals surface area (Å²) >= 11 is 0. The van der Waals surface area contributed by atoms with Crippen molar-refractivity contribution in [1.82, 2.24) is 0 Å². The van der Waals surface area contributed by atoms with Crippen LogP contribution >= 0.6 is 0 Å². The fraction of sp³-hybridized carbons (Fsp3) is 0.667. The molecule has 1 N–H and O–H groups in total. The lowest BCUT2D eigenvalue weighted by Gasteiger charge is -2.24. The van der Waals surface area contributed by atoms with E-state index in [0.29, 0.717) is 6.61 Å². The maximum absolute atomic E-state index is 11.1. The van der Waals surface area contributed by atoms with Gasteiger partial charge in [-0.2, -0.15) is 0 Å². The zero-order valence-corrected chi connectivity index (χ0v) is 7.83. The molecule has 0 aromatic heterocycles. The fourth-order valence-corrected chi connectivity index (χ4v) is 0.683. The van der Waals surface area contributed by atoms with Crippen molar-refractivity contribution in [3.05, 3.63) is 12.7 Å². The number of ether oxygens (including phenoxy) is 1. The Morgan fingerprint density at radius 2 is 2.33 bits per heavy atom. The second-order valence-electron chi connectivity index (χ2n) is 2.90. The first-order valence-electron chi connectivity index (χ1n) is 3.98. The number of hydrogen-bond acceptors (Lipinski definition) is 3. The van der Waals surface area contributed by atoms with E-state index in [4.69, 9.17) is 4.74 Å². The van der Waals surface area contributed by atoms with E-state index in [9.17, 15) is 9.90 Å². The number of aliphatic hydroxyl groups is 1. The predicted octanol–water partition coefficient (Wildman–Crippen LogP) is 1.12. The molecule has 0 aromatic rings. The normalized spacial score (nSPS) is 17.7. The Balaban J connectivity index is 4.27. The lowest BCUT2D eigenvalue weighted by Crippen LogP contribution is -2.36. The van der Waals surface area contributed by atoms with Crippen molar-refractivity contribution in [2.45, 2.75) is 26.4 Å². The lowest BCUT2D eigenvalue weighted by molar-refractivity contribution is -0.153. The van der Waals surface area contributed by atoms with Crippen molar-refractivity contribution in [2.24, 2.45) is 5.92 Å². The van der Waals surface area contributed by atoms with Crippen LogP contribution in [0.5, 0.6) is 0 Å². The summed E-state index contributed by atoms with van der Waals surface area (Å²) in [6.07, 6.45) is 1.34. The zero-order chi connectivity index (χ0) is 9.78. The Morgan fingerprint density at radius 1 is 1.83 bits per heavy atom. The molecule has 2 unspecified atom stereocenters. The number of hydrogen-bond donors (Lipinski definition) is 1. The van der Waals surface area contributed by atoms with Crippen molar-refractivity contribution < 1.29 is 14.6 Å². The minimum atomic E-state index is -1.19. The van der Waals surface area contributed by atoms with Crippen LogP contribution in [-0.4, -0.2) is 23.3 Å². The van der Waals surface area contributed by atoms with Gasteiger partial charge in [-0.15, -0.1) is 6.58 Å². The Morgan fingerprint density at radius 3 is 2.67 bits per heavy atom. The summed E-state index contributed by atoms with van der Waals surface area (Å²) < 4.78 is 4.75. The molecule has 0 spiro atoms. The van der Waals surface area contributed by atoms with Gasteiger partial charge in [0.15, 0.2) is 0 Å². The molecule has 0 saturated heterocycles. The maximum Gasteiger partial charge on any atom is 0.311 e. The van der Waals surface area contributed by atoms with Gasteiger partial charge in [-0.05, 0) is 20.8 Å². The Labute approximate surface area is 73.0 Å². The molecule has 2 atom stereocenters. The number of carbonyl (C=O) groups is 1. The molecule has 0 fully saturated rings. The molecule has 0 heterocycles. The molecule has 0 aromatic carbocycles. The predicted molar refractivity (Wildman–Crippen MR) is 46.6 cm³/mol. The van der Waals surface area contributed by atoms with E-state index in [1.807, 2.05) is 0 Å². The monoisotopic (exact) mass is 172 g/mol. The van der Waals surface area contributed by atoms with Crippen LogP contribution in [0.25, 0.3) is 0 Å². The molecule has 3 nitrogen and oxygen atoms in total. The van der Waals surface area contributed by atoms with Crippen molar-refractivity contribution in [3.8, 4) is 0 Å². The Kier molecular flexibility index (Phi) is 3.96. The number of carbonyl (C=O) groups excluding carboxylic acids is 1. The highest BCUT2D eigenvalue weighted by Gasteiger charge is 2.31. The van der Waals surface area contributed by atoms with Crippen molar-refractivity contribution >= 4 is 5.97 Å². The van der Waals surface area contributed by atoms with Crippen LogP contribution in [0.15, 0.2) is 12.7 Å². The average Bonchev–Trinajstić information content (AvgIpc) is 2.03. The van der Waals surface area contributed by atoms with Gasteiger partial charge in [0.25, 0.3) is 0 Å². The Bertz CT molecular complexity index is 173. The molecule has 0 bridgehead atoms. The molecule has 0 aliphatic heterocycles. The summed E-state index contributed by atoms with van der Waals surface area (Å²) in [5.74, 6) is -0.975. The highest BCUT2D eigenvalue weighted by Crippen LogP contribution is 2.18. The first-order valence-corrected chi connectivity index (χ1v) is 3.98. The molecule has 70 valence electrons. The largest absolute Gasteiger partial charge is 0.466 e. The van der Waals surface area contributed by atoms with Gasteiger partial charge in [-0.1, -0.05) is 6.08 Å². The molecule has 0 aliphatic rings. The first-order chi connectivity index (χ1) is 5.45. The van der Waals surface area contributed by atoms with Crippen LogP contribution < -0.4 is 0 Å². The summed E-state index contributed by atoms with van der Waals surface area (Å²) in [5, 5.41) is 9.57. The van der Waals surface area contributed by atoms with Crippen LogP contribution in [-0.2, 0) is 9.53 Å². The van der Waals surface area contributed by atoms with Gasteiger partial charge < -0.3 is 9.84 Å². The van der Waals surface area contributed by atoms with Crippen molar-refractivity contribution in [1.29, 1.82) is 0 Å². The lowest BCUT2D eigenvalue weighted by atomic mass is 9.91. The maximum atomic E-state index is 11.1. The third-order valence-corrected chi connectivity index (χ3v) is 1.93. The standard InChI is InChI=1S/C9H16O3/c1-5-9(4,11)7(3)8(10)12-6-2/h5,7,11H,1,6H2,2-4H3. The van der Waals surface area contributed by atoms with Gasteiger partial charge in [-0.3, -0.25) is 4.79 Å². The molecule has 0 aliphatic carbocycles. The first kappa shape index (κ1) is 11.2. The molecule has 0 radical (unpaired) electrons. The second-order valence-corrected chi connectivity index (χ2v) is 2.90. The van der Waals surface area contributed by atoms with Gasteiger partial charge in [-0.25, -0.2) is 0 Å². The van der Waals surface area contributed by atoms with E-state index in [-0.39, 0.29) is 0 Å². The molecule has 0 rings (SSSR count). The highest BCUT2D eigenvalue weighted by molar-refractivity contribution is 5.73. The van der Waals surface area contributed by atoms with E-state index in [0.717, 1.165) is 0 Å². The molecular weight excluding hydrogens is 156 g/mol. The minimum absolute atomic E-state index is 0.330. The SMILES string of the molecule is C=CC(C)(O)C(C)C(=O)OCC.